The summed E-state index contributed by atoms with van der Waals surface area (Å²) >= 11 is 0. The van der Waals surface area contributed by atoms with Gasteiger partial charge in [-0.2, -0.15) is 4.94 Å². The molecule has 98 valence electrons. The Balaban J connectivity index is 2.01. The van der Waals surface area contributed by atoms with E-state index in [1.165, 1.54) is 0 Å². The zero-order valence-electron chi connectivity index (χ0n) is 10.2. The molecule has 2 aliphatic rings. The second-order valence-electron chi connectivity index (χ2n) is 4.90. The molecule has 0 bridgehead atoms. The molecule has 2 heterocycles. The molecule has 1 amide bonds. The number of amides is 1. The Kier molecular flexibility index (Phi) is 2.73. The summed E-state index contributed by atoms with van der Waals surface area (Å²) in [6.45, 7) is 5.44. The molecular weight excluding hydrogens is 249 g/mol. The van der Waals surface area contributed by atoms with Crippen LogP contribution in [-0.2, 0) is 15.2 Å². The van der Waals surface area contributed by atoms with Crippen LogP contribution in [0.1, 0.15) is 12.0 Å². The first kappa shape index (κ1) is 12.1. The normalized spacial score (nSPS) is 29.3. The summed E-state index contributed by atoms with van der Waals surface area (Å²) < 4.78 is 12.1. The zero-order chi connectivity index (χ0) is 13.5. The number of benzene rings is 1. The first-order valence-electron chi connectivity index (χ1n) is 6.00. The minimum atomic E-state index is -0.720. The van der Waals surface area contributed by atoms with Crippen LogP contribution in [0.4, 0.5) is 10.2 Å². The monoisotopic (exact) mass is 262 g/mol. The molecule has 1 aromatic rings. The molecule has 1 spiro atoms. The fraction of sp³-hybridized carbons (Fsp3) is 0.385. The van der Waals surface area contributed by atoms with Gasteiger partial charge in [0.25, 0.3) is 6.57 Å². The van der Waals surface area contributed by atoms with E-state index in [1.54, 1.807) is 4.90 Å². The number of anilines is 1. The zero-order valence-corrected chi connectivity index (χ0v) is 10.2. The van der Waals surface area contributed by atoms with Gasteiger partial charge in [-0.05, 0) is 16.2 Å². The molecule has 1 saturated heterocycles. The third-order valence-electron chi connectivity index (χ3n) is 3.94. The minimum Gasteiger partial charge on any atom is -0.325 e. The van der Waals surface area contributed by atoms with Crippen LogP contribution in [0.15, 0.2) is 24.3 Å². The molecule has 0 radical (unpaired) electrons. The van der Waals surface area contributed by atoms with Gasteiger partial charge in [0.2, 0.25) is 5.91 Å². The van der Waals surface area contributed by atoms with E-state index in [2.05, 4.69) is 15.1 Å². The highest BCUT2D eigenvalue weighted by molar-refractivity contribution is 6.06. The topological polar surface area (TPSA) is 45.9 Å². The number of hydrogen-bond donors (Lipinski definition) is 1. The smallest absolute Gasteiger partial charge is 0.325 e. The number of halogens is 1. The van der Waals surface area contributed by atoms with E-state index in [0.29, 0.717) is 13.0 Å². The van der Waals surface area contributed by atoms with Gasteiger partial charge < -0.3 is 5.32 Å². The minimum absolute atomic E-state index is 0.0938. The molecule has 2 aliphatic heterocycles. The average molecular weight is 262 g/mol. The maximum atomic E-state index is 12.3. The average Bonchev–Trinajstić information content (AvgIpc) is 2.91. The van der Waals surface area contributed by atoms with E-state index in [1.807, 2.05) is 24.3 Å². The van der Waals surface area contributed by atoms with Crippen molar-refractivity contribution in [3.05, 3.63) is 34.7 Å². The van der Waals surface area contributed by atoms with E-state index < -0.39 is 11.6 Å². The Morgan fingerprint density at radius 1 is 1.58 bits per heavy atom. The second kappa shape index (κ2) is 4.30. The number of carbonyl (C=O) groups excluding carboxylic acids is 1. The Hall–Kier alpha value is -1.97. The fourth-order valence-electron chi connectivity index (χ4n) is 3.03. The summed E-state index contributed by atoms with van der Waals surface area (Å²) in [5, 5.41) is 2.85. The third-order valence-corrected chi connectivity index (χ3v) is 3.94. The number of nitrogens with one attached hydrogen (secondary N) is 1. The van der Waals surface area contributed by atoms with Gasteiger partial charge in [-0.1, -0.05) is 23.0 Å². The van der Waals surface area contributed by atoms with Crippen LogP contribution in [0.25, 0.3) is 4.85 Å². The van der Waals surface area contributed by atoms with Crippen molar-refractivity contribution in [2.24, 2.45) is 0 Å². The molecule has 6 heteroatoms. The van der Waals surface area contributed by atoms with Gasteiger partial charge in [0.1, 0.15) is 6.73 Å². The van der Waals surface area contributed by atoms with Crippen LogP contribution >= 0.6 is 0 Å². The lowest BCUT2D eigenvalue weighted by molar-refractivity contribution is -0.173. The van der Waals surface area contributed by atoms with Crippen LogP contribution in [0.5, 0.6) is 0 Å². The number of carbonyl (C=O) groups is 1. The van der Waals surface area contributed by atoms with E-state index in [4.69, 9.17) is 6.57 Å². The number of fused-ring (bicyclic) bond motifs is 2. The van der Waals surface area contributed by atoms with Crippen LogP contribution in [0.3, 0.4) is 0 Å². The highest BCUT2D eigenvalue weighted by Gasteiger charge is 2.58. The van der Waals surface area contributed by atoms with Crippen LogP contribution in [0, 0.1) is 6.57 Å². The standard InChI is InChI=1S/C13H12FN3O2/c1-15-11-6-13(7-17(11)8-19-14)9-4-2-3-5-10(9)16-12(13)18/h1-5,11H,6-8H2/p+1/t11-,13-/m0/s1. The Morgan fingerprint density at radius 3 is 3.11 bits per heavy atom. The molecule has 1 N–H and O–H groups in total. The van der Waals surface area contributed by atoms with Crippen molar-refractivity contribution in [2.75, 3.05) is 18.6 Å². The highest BCUT2D eigenvalue weighted by atomic mass is 19.3. The first-order valence-corrected chi connectivity index (χ1v) is 6.00. The van der Waals surface area contributed by atoms with Gasteiger partial charge in [-0.3, -0.25) is 4.79 Å². The van der Waals surface area contributed by atoms with Crippen LogP contribution < -0.4 is 5.32 Å². The molecule has 3 rings (SSSR count). The Morgan fingerprint density at radius 2 is 2.37 bits per heavy atom. The summed E-state index contributed by atoms with van der Waals surface area (Å²) in [5.74, 6) is -0.0938. The maximum absolute atomic E-state index is 12.3. The molecule has 0 saturated carbocycles. The summed E-state index contributed by atoms with van der Waals surface area (Å²) in [5.41, 5.74) is 0.990. The number of likely N-dealkylation sites (tertiary alicyclic amines) is 1. The van der Waals surface area contributed by atoms with Gasteiger partial charge in [0, 0.05) is 12.2 Å². The Bertz CT molecular complexity index is 571. The SMILES string of the molecule is C#[N+][C@@H]1C[C@@]2(CN1COF)C(=O)Nc1ccccc12. The van der Waals surface area contributed by atoms with Crippen molar-refractivity contribution in [1.82, 2.24) is 4.90 Å². The Labute approximate surface area is 109 Å². The highest BCUT2D eigenvalue weighted by Crippen LogP contribution is 2.46. The van der Waals surface area contributed by atoms with Gasteiger partial charge >= 0.3 is 6.17 Å². The largest absolute Gasteiger partial charge is 0.331 e. The van der Waals surface area contributed by atoms with Gasteiger partial charge in [-0.15, -0.1) is 0 Å². The molecule has 19 heavy (non-hydrogen) atoms. The summed E-state index contributed by atoms with van der Waals surface area (Å²) in [4.78, 5) is 21.3. The molecule has 0 unspecified atom stereocenters. The van der Waals surface area contributed by atoms with E-state index in [0.717, 1.165) is 11.3 Å². The van der Waals surface area contributed by atoms with E-state index in [-0.39, 0.29) is 12.6 Å². The van der Waals surface area contributed by atoms with Gasteiger partial charge in [-0.25, -0.2) is 4.90 Å². The molecule has 0 aromatic heterocycles. The predicted octanol–water partition coefficient (Wildman–Crippen LogP) is 1.73. The third kappa shape index (κ3) is 1.63. The van der Waals surface area contributed by atoms with Crippen molar-refractivity contribution in [3.8, 4) is 6.57 Å². The van der Waals surface area contributed by atoms with Crippen molar-refractivity contribution in [3.63, 3.8) is 0 Å². The number of hydrogen-bond acceptors (Lipinski definition) is 3. The van der Waals surface area contributed by atoms with Gasteiger partial charge in [0.15, 0.2) is 0 Å². The molecule has 0 aliphatic carbocycles. The van der Waals surface area contributed by atoms with Crippen molar-refractivity contribution in [2.45, 2.75) is 18.0 Å². The van der Waals surface area contributed by atoms with E-state index in [9.17, 15) is 9.32 Å². The van der Waals surface area contributed by atoms with Crippen molar-refractivity contribution in [1.29, 1.82) is 0 Å². The molecule has 5 nitrogen and oxygen atoms in total. The quantitative estimate of drug-likeness (QED) is 0.883. The van der Waals surface area contributed by atoms with Crippen molar-refractivity contribution < 1.29 is 14.3 Å². The van der Waals surface area contributed by atoms with E-state index >= 15 is 0 Å². The van der Waals surface area contributed by atoms with Crippen LogP contribution in [-0.4, -0.2) is 30.2 Å². The summed E-state index contributed by atoms with van der Waals surface area (Å²) in [6, 6.07) is 7.50. The first-order chi connectivity index (χ1) is 9.21. The molecule has 2 atom stereocenters. The van der Waals surface area contributed by atoms with Crippen molar-refractivity contribution >= 4 is 11.6 Å². The fourth-order valence-corrected chi connectivity index (χ4v) is 3.03. The predicted molar refractivity (Wildman–Crippen MR) is 67.2 cm³/mol. The number of rotatable bonds is 2. The lowest BCUT2D eigenvalue weighted by Crippen LogP contribution is -2.38. The van der Waals surface area contributed by atoms with Crippen LogP contribution in [0.2, 0.25) is 0 Å². The summed E-state index contributed by atoms with van der Waals surface area (Å²) in [7, 11) is 0. The van der Waals surface area contributed by atoms with Gasteiger partial charge in [0.05, 0.1) is 11.8 Å². The number of para-hydroxylation sites is 1. The molecular formula is C13H13FN3O2+. The molecule has 1 aromatic carbocycles. The lowest BCUT2D eigenvalue weighted by atomic mass is 9.80. The maximum Gasteiger partial charge on any atom is 0.331 e. The summed E-state index contributed by atoms with van der Waals surface area (Å²) in [6.07, 6.45) is 0.00283. The second-order valence-corrected chi connectivity index (χ2v) is 4.90. The molecule has 1 fully saturated rings. The lowest BCUT2D eigenvalue weighted by Gasteiger charge is -2.19. The number of nitrogens with zero attached hydrogens (tertiary/aromatic N) is 2.